The van der Waals surface area contributed by atoms with E-state index in [0.717, 1.165) is 6.42 Å². The predicted octanol–water partition coefficient (Wildman–Crippen LogP) is 1.45. The van der Waals surface area contributed by atoms with Crippen molar-refractivity contribution in [1.29, 1.82) is 0 Å². The van der Waals surface area contributed by atoms with Crippen molar-refractivity contribution < 1.29 is 21.9 Å². The largest absolute Gasteiger partial charge is 0.491 e. The molecule has 0 fully saturated rings. The average molecular weight is 246 g/mol. The summed E-state index contributed by atoms with van der Waals surface area (Å²) in [6.45, 7) is 1.90. The van der Waals surface area contributed by atoms with Gasteiger partial charge in [-0.2, -0.15) is 8.42 Å². The predicted molar refractivity (Wildman–Crippen MR) is 58.8 cm³/mol. The highest BCUT2D eigenvalue weighted by Gasteiger charge is 2.03. The first-order valence-corrected chi connectivity index (χ1v) is 6.21. The second-order valence-electron chi connectivity index (χ2n) is 3.10. The first kappa shape index (κ1) is 13.0. The summed E-state index contributed by atoms with van der Waals surface area (Å²) in [4.78, 5) is 0. The highest BCUT2D eigenvalue weighted by Crippen LogP contribution is 2.12. The summed E-state index contributed by atoms with van der Waals surface area (Å²) in [5, 5.41) is 0. The lowest BCUT2D eigenvalue weighted by molar-refractivity contribution is 0.202. The highest BCUT2D eigenvalue weighted by atomic mass is 32.3. The molecule has 16 heavy (non-hydrogen) atoms. The minimum absolute atomic E-state index is 0.0608. The number of ether oxygens (including phenoxy) is 1. The van der Waals surface area contributed by atoms with Gasteiger partial charge in [-0.15, -0.1) is 0 Å². The third kappa shape index (κ3) is 5.11. The Morgan fingerprint density at radius 1 is 1.19 bits per heavy atom. The maximum Gasteiger partial charge on any atom is 0.397 e. The van der Waals surface area contributed by atoms with E-state index in [-0.39, 0.29) is 13.2 Å². The number of hydrogen-bond donors (Lipinski definition) is 1. The van der Waals surface area contributed by atoms with Crippen molar-refractivity contribution in [2.24, 2.45) is 0 Å². The number of aryl methyl sites for hydroxylation is 1. The minimum Gasteiger partial charge on any atom is -0.491 e. The van der Waals surface area contributed by atoms with Gasteiger partial charge in [0.15, 0.2) is 0 Å². The summed E-state index contributed by atoms with van der Waals surface area (Å²) in [6, 6.07) is 7.45. The van der Waals surface area contributed by atoms with Crippen molar-refractivity contribution in [3.8, 4) is 5.75 Å². The van der Waals surface area contributed by atoms with Gasteiger partial charge in [0.1, 0.15) is 19.0 Å². The molecule has 0 aliphatic heterocycles. The number of benzene rings is 1. The zero-order valence-corrected chi connectivity index (χ0v) is 9.74. The van der Waals surface area contributed by atoms with Gasteiger partial charge >= 0.3 is 10.4 Å². The molecule has 0 spiro atoms. The van der Waals surface area contributed by atoms with Crippen LogP contribution in [0.4, 0.5) is 0 Å². The van der Waals surface area contributed by atoms with Gasteiger partial charge in [0.05, 0.1) is 0 Å². The van der Waals surface area contributed by atoms with Crippen molar-refractivity contribution in [2.75, 3.05) is 13.2 Å². The Kier molecular flexibility index (Phi) is 4.72. The Bertz CT molecular complexity index is 409. The van der Waals surface area contributed by atoms with Gasteiger partial charge in [-0.3, -0.25) is 4.55 Å². The Hall–Kier alpha value is -1.11. The van der Waals surface area contributed by atoms with Gasteiger partial charge in [0.2, 0.25) is 0 Å². The van der Waals surface area contributed by atoms with Crippen molar-refractivity contribution in [3.63, 3.8) is 0 Å². The van der Waals surface area contributed by atoms with Crippen LogP contribution < -0.4 is 4.74 Å². The SMILES string of the molecule is CCc1ccc(OCCOS(=O)(=O)O)cc1. The van der Waals surface area contributed by atoms with Crippen molar-refractivity contribution >= 4 is 10.4 Å². The first-order valence-electron chi connectivity index (χ1n) is 4.85. The summed E-state index contributed by atoms with van der Waals surface area (Å²) >= 11 is 0. The minimum atomic E-state index is -4.37. The molecule has 90 valence electrons. The third-order valence-corrected chi connectivity index (χ3v) is 2.38. The fraction of sp³-hybridized carbons (Fsp3) is 0.400. The molecule has 1 aromatic carbocycles. The Labute approximate surface area is 95.0 Å². The summed E-state index contributed by atoms with van der Waals surface area (Å²) in [6.07, 6.45) is 0.951. The van der Waals surface area contributed by atoms with E-state index in [2.05, 4.69) is 11.1 Å². The number of hydrogen-bond acceptors (Lipinski definition) is 4. The molecular weight excluding hydrogens is 232 g/mol. The van der Waals surface area contributed by atoms with E-state index in [1.165, 1.54) is 5.56 Å². The Morgan fingerprint density at radius 2 is 1.81 bits per heavy atom. The molecule has 0 amide bonds. The van der Waals surface area contributed by atoms with Crippen LogP contribution in [0.5, 0.6) is 5.75 Å². The van der Waals surface area contributed by atoms with E-state index in [1.807, 2.05) is 12.1 Å². The molecule has 0 aliphatic rings. The molecule has 0 bridgehead atoms. The summed E-state index contributed by atoms with van der Waals surface area (Å²) in [7, 11) is -4.37. The van der Waals surface area contributed by atoms with Gasteiger partial charge in [0, 0.05) is 0 Å². The normalized spacial score (nSPS) is 11.4. The number of rotatable bonds is 6. The van der Waals surface area contributed by atoms with Crippen LogP contribution in [0.2, 0.25) is 0 Å². The summed E-state index contributed by atoms with van der Waals surface area (Å²) < 4.78 is 38.0. The molecule has 1 aromatic rings. The van der Waals surface area contributed by atoms with Crippen molar-refractivity contribution in [3.05, 3.63) is 29.8 Å². The molecular formula is C10H14O5S. The molecule has 0 saturated carbocycles. The maximum absolute atomic E-state index is 10.2. The molecule has 1 rings (SSSR count). The van der Waals surface area contributed by atoms with Crippen LogP contribution in [0, 0.1) is 0 Å². The van der Waals surface area contributed by atoms with Crippen LogP contribution in [-0.4, -0.2) is 26.2 Å². The van der Waals surface area contributed by atoms with Gasteiger partial charge < -0.3 is 4.74 Å². The lowest BCUT2D eigenvalue weighted by Crippen LogP contribution is -2.11. The molecule has 0 heterocycles. The van der Waals surface area contributed by atoms with Gasteiger partial charge in [-0.1, -0.05) is 19.1 Å². The van der Waals surface area contributed by atoms with Crippen LogP contribution in [-0.2, 0) is 21.0 Å². The molecule has 0 atom stereocenters. The van der Waals surface area contributed by atoms with Crippen LogP contribution in [0.25, 0.3) is 0 Å². The highest BCUT2D eigenvalue weighted by molar-refractivity contribution is 7.80. The van der Waals surface area contributed by atoms with E-state index >= 15 is 0 Å². The molecule has 0 aliphatic carbocycles. The average Bonchev–Trinajstić information content (AvgIpc) is 2.24. The zero-order valence-electron chi connectivity index (χ0n) is 8.92. The second-order valence-corrected chi connectivity index (χ2v) is 4.19. The van der Waals surface area contributed by atoms with E-state index in [0.29, 0.717) is 5.75 Å². The quantitative estimate of drug-likeness (QED) is 0.607. The fourth-order valence-electron chi connectivity index (χ4n) is 1.12. The van der Waals surface area contributed by atoms with Gasteiger partial charge in [0.25, 0.3) is 0 Å². The van der Waals surface area contributed by atoms with E-state index < -0.39 is 10.4 Å². The standard InChI is InChI=1S/C10H14O5S/c1-2-9-3-5-10(6-4-9)14-7-8-15-16(11,12)13/h3-6H,2,7-8H2,1H3,(H,11,12,13). The molecule has 5 nitrogen and oxygen atoms in total. The van der Waals surface area contributed by atoms with Crippen molar-refractivity contribution in [2.45, 2.75) is 13.3 Å². The maximum atomic E-state index is 10.2. The summed E-state index contributed by atoms with van der Waals surface area (Å²) in [5.74, 6) is 0.635. The molecule has 6 heteroatoms. The fourth-order valence-corrected chi connectivity index (χ4v) is 1.40. The molecule has 0 unspecified atom stereocenters. The van der Waals surface area contributed by atoms with Crippen LogP contribution >= 0.6 is 0 Å². The third-order valence-electron chi connectivity index (χ3n) is 1.92. The van der Waals surface area contributed by atoms with E-state index in [1.54, 1.807) is 12.1 Å². The molecule has 0 saturated heterocycles. The molecule has 1 N–H and O–H groups in total. The van der Waals surface area contributed by atoms with E-state index in [4.69, 9.17) is 9.29 Å². The lowest BCUT2D eigenvalue weighted by atomic mass is 10.2. The monoisotopic (exact) mass is 246 g/mol. The zero-order chi connectivity index (χ0) is 12.0. The van der Waals surface area contributed by atoms with Crippen molar-refractivity contribution in [1.82, 2.24) is 0 Å². The second kappa shape index (κ2) is 5.83. The topological polar surface area (TPSA) is 72.8 Å². The van der Waals surface area contributed by atoms with Crippen LogP contribution in [0.3, 0.4) is 0 Å². The Balaban J connectivity index is 2.32. The van der Waals surface area contributed by atoms with Gasteiger partial charge in [-0.05, 0) is 24.1 Å². The van der Waals surface area contributed by atoms with Crippen LogP contribution in [0.1, 0.15) is 12.5 Å². The smallest absolute Gasteiger partial charge is 0.397 e. The summed E-state index contributed by atoms with van der Waals surface area (Å²) in [5.41, 5.74) is 1.20. The lowest BCUT2D eigenvalue weighted by Gasteiger charge is -2.05. The molecule has 0 aromatic heterocycles. The van der Waals surface area contributed by atoms with Gasteiger partial charge in [-0.25, -0.2) is 4.18 Å². The Morgan fingerprint density at radius 3 is 2.31 bits per heavy atom. The van der Waals surface area contributed by atoms with E-state index in [9.17, 15) is 8.42 Å². The first-order chi connectivity index (χ1) is 7.51. The molecule has 0 radical (unpaired) electrons. The van der Waals surface area contributed by atoms with Crippen LogP contribution in [0.15, 0.2) is 24.3 Å².